The molecule has 1 aromatic rings. The molecule has 1 heterocycles. The van der Waals surface area contributed by atoms with E-state index in [1.54, 1.807) is 40.6 Å². The minimum absolute atomic E-state index is 0.0786. The van der Waals surface area contributed by atoms with E-state index >= 15 is 0 Å². The Balaban J connectivity index is 1.63. The van der Waals surface area contributed by atoms with Gasteiger partial charge in [0.05, 0.1) is 23.1 Å². The summed E-state index contributed by atoms with van der Waals surface area (Å²) in [5.41, 5.74) is 2.83. The summed E-state index contributed by atoms with van der Waals surface area (Å²) in [5, 5.41) is 11.8. The number of rotatable bonds is 7. The molecule has 1 atom stereocenters. The summed E-state index contributed by atoms with van der Waals surface area (Å²) in [6.07, 6.45) is 1.85. The van der Waals surface area contributed by atoms with Crippen molar-refractivity contribution in [3.8, 4) is 0 Å². The Bertz CT molecular complexity index is 379. The monoisotopic (exact) mass is 286 g/mol. The summed E-state index contributed by atoms with van der Waals surface area (Å²) in [6, 6.07) is 0. The Labute approximate surface area is 115 Å². The molecule has 2 rings (SSSR count). The predicted octanol–water partition coefficient (Wildman–Crippen LogP) is 1.61. The maximum absolute atomic E-state index is 11.8. The number of thioether (sulfide) groups is 1. The molecule has 0 bridgehead atoms. The highest BCUT2D eigenvalue weighted by molar-refractivity contribution is 7.99. The fourth-order valence-electron chi connectivity index (χ4n) is 1.67. The summed E-state index contributed by atoms with van der Waals surface area (Å²) in [4.78, 5) is 17.6. The lowest BCUT2D eigenvalue weighted by atomic mass is 10.2. The van der Waals surface area contributed by atoms with Crippen LogP contribution in [-0.4, -0.2) is 46.3 Å². The van der Waals surface area contributed by atoms with Crippen LogP contribution >= 0.6 is 23.1 Å². The van der Waals surface area contributed by atoms with Crippen molar-refractivity contribution in [2.45, 2.75) is 24.7 Å². The quantitative estimate of drug-likeness (QED) is 0.827. The Morgan fingerprint density at radius 2 is 2.50 bits per heavy atom. The van der Waals surface area contributed by atoms with Gasteiger partial charge in [0.25, 0.3) is 0 Å². The molecule has 4 nitrogen and oxygen atoms in total. The first-order valence-corrected chi connectivity index (χ1v) is 8.13. The molecule has 1 N–H and O–H groups in total. The molecular formula is C12H18N2O2S2. The largest absolute Gasteiger partial charge is 0.391 e. The summed E-state index contributed by atoms with van der Waals surface area (Å²) >= 11 is 3.14. The number of carbonyl (C=O) groups is 1. The minimum atomic E-state index is -0.345. The van der Waals surface area contributed by atoms with E-state index in [2.05, 4.69) is 4.98 Å². The van der Waals surface area contributed by atoms with Gasteiger partial charge in [-0.1, -0.05) is 0 Å². The smallest absolute Gasteiger partial charge is 0.232 e. The van der Waals surface area contributed by atoms with E-state index in [-0.39, 0.29) is 12.0 Å². The zero-order valence-electron chi connectivity index (χ0n) is 10.4. The van der Waals surface area contributed by atoms with Crippen LogP contribution in [0.2, 0.25) is 0 Å². The van der Waals surface area contributed by atoms with Gasteiger partial charge in [-0.15, -0.1) is 23.1 Å². The van der Waals surface area contributed by atoms with Gasteiger partial charge in [0, 0.05) is 24.7 Å². The van der Waals surface area contributed by atoms with E-state index in [9.17, 15) is 9.90 Å². The highest BCUT2D eigenvalue weighted by Gasteiger charge is 2.30. The van der Waals surface area contributed by atoms with Crippen LogP contribution in [0.5, 0.6) is 0 Å². The van der Waals surface area contributed by atoms with Crippen LogP contribution in [-0.2, 0) is 10.5 Å². The van der Waals surface area contributed by atoms with Gasteiger partial charge in [-0.05, 0) is 18.8 Å². The number of hydrogen-bond donors (Lipinski definition) is 1. The number of nitrogens with zero attached hydrogens (tertiary/aromatic N) is 2. The molecule has 1 unspecified atom stereocenters. The Hall–Kier alpha value is -0.590. The molecule has 1 aliphatic carbocycles. The van der Waals surface area contributed by atoms with E-state index in [1.807, 2.05) is 5.38 Å². The highest BCUT2D eigenvalue weighted by Crippen LogP contribution is 2.32. The number of hydrogen-bond acceptors (Lipinski definition) is 5. The Morgan fingerprint density at radius 1 is 1.72 bits per heavy atom. The molecule has 1 saturated carbocycles. The standard InChI is InChI=1S/C12H18N2O2S2/c1-14(4-11(15)9-2-3-9)12(16)7-17-5-10-6-18-8-13-10/h6,8-9,11,15H,2-5,7H2,1H3. The van der Waals surface area contributed by atoms with E-state index in [0.717, 1.165) is 24.3 Å². The summed E-state index contributed by atoms with van der Waals surface area (Å²) < 4.78 is 0. The number of aromatic nitrogens is 1. The van der Waals surface area contributed by atoms with Gasteiger partial charge in [0.2, 0.25) is 5.91 Å². The fraction of sp³-hybridized carbons (Fsp3) is 0.667. The first kappa shape index (κ1) is 13.8. The van der Waals surface area contributed by atoms with Gasteiger partial charge in [-0.2, -0.15) is 0 Å². The van der Waals surface area contributed by atoms with Crippen LogP contribution < -0.4 is 0 Å². The third-order valence-electron chi connectivity index (χ3n) is 3.01. The average Bonchev–Trinajstić information content (AvgIpc) is 3.08. The average molecular weight is 286 g/mol. The summed E-state index contributed by atoms with van der Waals surface area (Å²) in [6.45, 7) is 0.459. The third kappa shape index (κ3) is 4.26. The second-order valence-corrected chi connectivity index (χ2v) is 6.36. The second kappa shape index (κ2) is 6.54. The van der Waals surface area contributed by atoms with Crippen molar-refractivity contribution >= 4 is 29.0 Å². The molecule has 0 aromatic carbocycles. The second-order valence-electron chi connectivity index (χ2n) is 4.65. The molecule has 18 heavy (non-hydrogen) atoms. The van der Waals surface area contributed by atoms with Crippen LogP contribution in [0.3, 0.4) is 0 Å². The lowest BCUT2D eigenvalue weighted by Crippen LogP contribution is -2.36. The van der Waals surface area contributed by atoms with Crippen molar-refractivity contribution in [3.05, 3.63) is 16.6 Å². The SMILES string of the molecule is CN(CC(O)C1CC1)C(=O)CSCc1cscn1. The zero-order valence-corrected chi connectivity index (χ0v) is 12.0. The first-order chi connectivity index (χ1) is 8.66. The molecule has 100 valence electrons. The normalized spacial score (nSPS) is 16.6. The molecule has 1 amide bonds. The van der Waals surface area contributed by atoms with Crippen molar-refractivity contribution in [1.29, 1.82) is 0 Å². The molecule has 1 aromatic heterocycles. The summed E-state index contributed by atoms with van der Waals surface area (Å²) in [5.74, 6) is 1.72. The van der Waals surface area contributed by atoms with Gasteiger partial charge < -0.3 is 10.0 Å². The van der Waals surface area contributed by atoms with Crippen molar-refractivity contribution in [2.24, 2.45) is 5.92 Å². The van der Waals surface area contributed by atoms with Gasteiger partial charge in [0.15, 0.2) is 0 Å². The molecular weight excluding hydrogens is 268 g/mol. The van der Waals surface area contributed by atoms with E-state index in [4.69, 9.17) is 0 Å². The molecule has 0 saturated heterocycles. The van der Waals surface area contributed by atoms with Crippen LogP contribution in [0.4, 0.5) is 0 Å². The van der Waals surface area contributed by atoms with E-state index in [1.165, 1.54) is 0 Å². The number of likely N-dealkylation sites (N-methyl/N-ethyl adjacent to an activating group) is 1. The highest BCUT2D eigenvalue weighted by atomic mass is 32.2. The number of aliphatic hydroxyl groups excluding tert-OH is 1. The van der Waals surface area contributed by atoms with Crippen molar-refractivity contribution in [1.82, 2.24) is 9.88 Å². The molecule has 6 heteroatoms. The Morgan fingerprint density at radius 3 is 3.11 bits per heavy atom. The van der Waals surface area contributed by atoms with Crippen LogP contribution in [0.25, 0.3) is 0 Å². The molecule has 1 aliphatic rings. The molecule has 0 spiro atoms. The summed E-state index contributed by atoms with van der Waals surface area (Å²) in [7, 11) is 1.76. The van der Waals surface area contributed by atoms with Gasteiger partial charge >= 0.3 is 0 Å². The van der Waals surface area contributed by atoms with Crippen molar-refractivity contribution < 1.29 is 9.90 Å². The minimum Gasteiger partial charge on any atom is -0.391 e. The number of amides is 1. The zero-order chi connectivity index (χ0) is 13.0. The molecule has 1 fully saturated rings. The maximum atomic E-state index is 11.8. The van der Waals surface area contributed by atoms with Gasteiger partial charge in [-0.25, -0.2) is 4.98 Å². The van der Waals surface area contributed by atoms with E-state index in [0.29, 0.717) is 18.2 Å². The lowest BCUT2D eigenvalue weighted by molar-refractivity contribution is -0.128. The predicted molar refractivity (Wildman–Crippen MR) is 74.6 cm³/mol. The third-order valence-corrected chi connectivity index (χ3v) is 4.60. The topological polar surface area (TPSA) is 53.4 Å². The number of carbonyl (C=O) groups excluding carboxylic acids is 1. The van der Waals surface area contributed by atoms with Crippen LogP contribution in [0.1, 0.15) is 18.5 Å². The number of thiazole rings is 1. The van der Waals surface area contributed by atoms with E-state index < -0.39 is 0 Å². The van der Waals surface area contributed by atoms with Gasteiger partial charge in [0.1, 0.15) is 0 Å². The number of aliphatic hydroxyl groups is 1. The lowest BCUT2D eigenvalue weighted by Gasteiger charge is -2.20. The van der Waals surface area contributed by atoms with Crippen LogP contribution in [0, 0.1) is 5.92 Å². The first-order valence-electron chi connectivity index (χ1n) is 6.03. The fourth-order valence-corrected chi connectivity index (χ4v) is 3.20. The molecule has 0 radical (unpaired) electrons. The van der Waals surface area contributed by atoms with Gasteiger partial charge in [-0.3, -0.25) is 4.79 Å². The Kier molecular flexibility index (Phi) is 5.03. The van der Waals surface area contributed by atoms with Crippen LogP contribution in [0.15, 0.2) is 10.9 Å². The van der Waals surface area contributed by atoms with Crippen molar-refractivity contribution in [3.63, 3.8) is 0 Å². The molecule has 0 aliphatic heterocycles. The van der Waals surface area contributed by atoms with Crippen molar-refractivity contribution in [2.75, 3.05) is 19.3 Å². The maximum Gasteiger partial charge on any atom is 0.232 e.